The van der Waals surface area contributed by atoms with E-state index in [9.17, 15) is 5.11 Å². The van der Waals surface area contributed by atoms with E-state index in [0.717, 1.165) is 28.5 Å². The molecule has 4 heteroatoms. The summed E-state index contributed by atoms with van der Waals surface area (Å²) in [6.45, 7) is 4.07. The number of fused-ring (bicyclic) bond motifs is 1. The van der Waals surface area contributed by atoms with Crippen LogP contribution in [0.5, 0.6) is 0 Å². The minimum atomic E-state index is -0.555. The van der Waals surface area contributed by atoms with Gasteiger partial charge in [-0.15, -0.1) is 0 Å². The lowest BCUT2D eigenvalue weighted by Crippen LogP contribution is -2.21. The highest BCUT2D eigenvalue weighted by molar-refractivity contribution is 5.80. The minimum absolute atomic E-state index is 0.446. The van der Waals surface area contributed by atoms with Crippen molar-refractivity contribution in [1.29, 1.82) is 0 Å². The molecule has 1 aliphatic rings. The number of nitrogen functional groups attached to an aromatic ring is 1. The summed E-state index contributed by atoms with van der Waals surface area (Å²) in [5, 5.41) is 10.1. The zero-order valence-corrected chi connectivity index (χ0v) is 12.9. The van der Waals surface area contributed by atoms with Crippen molar-refractivity contribution in [1.82, 2.24) is 9.55 Å². The van der Waals surface area contributed by atoms with E-state index in [4.69, 9.17) is 5.73 Å². The molecule has 3 atom stereocenters. The fourth-order valence-corrected chi connectivity index (χ4v) is 3.68. The molecule has 0 amide bonds. The summed E-state index contributed by atoms with van der Waals surface area (Å²) < 4.78 is 2.27. The molecule has 1 aromatic heterocycles. The maximum Gasteiger partial charge on any atom is 0.138 e. The Balaban J connectivity index is 2.08. The monoisotopic (exact) mass is 287 g/mol. The second-order valence-corrected chi connectivity index (χ2v) is 6.36. The van der Waals surface area contributed by atoms with E-state index >= 15 is 0 Å². The highest BCUT2D eigenvalue weighted by atomic mass is 16.3. The van der Waals surface area contributed by atoms with Gasteiger partial charge in [-0.3, -0.25) is 0 Å². The molecule has 0 saturated heterocycles. The molecule has 114 valence electrons. The molecule has 3 rings (SSSR count). The largest absolute Gasteiger partial charge is 0.399 e. The van der Waals surface area contributed by atoms with Crippen LogP contribution in [0, 0.1) is 5.92 Å². The third-order valence-electron chi connectivity index (χ3n) is 4.81. The van der Waals surface area contributed by atoms with Gasteiger partial charge in [-0.1, -0.05) is 26.2 Å². The van der Waals surface area contributed by atoms with Gasteiger partial charge in [0, 0.05) is 11.7 Å². The molecule has 0 bridgehead atoms. The number of aliphatic hydroxyl groups is 1. The summed E-state index contributed by atoms with van der Waals surface area (Å²) in [7, 11) is 0. The first-order valence-electron chi connectivity index (χ1n) is 8.05. The molecule has 3 N–H and O–H groups in total. The van der Waals surface area contributed by atoms with Crippen molar-refractivity contribution in [2.75, 3.05) is 5.73 Å². The lowest BCUT2D eigenvalue weighted by Gasteiger charge is -2.31. The summed E-state index contributed by atoms with van der Waals surface area (Å²) in [4.78, 5) is 4.63. The number of benzene rings is 1. The molecule has 1 aromatic carbocycles. The minimum Gasteiger partial charge on any atom is -0.399 e. The molecule has 1 aliphatic carbocycles. The van der Waals surface area contributed by atoms with Crippen molar-refractivity contribution in [3.63, 3.8) is 0 Å². The van der Waals surface area contributed by atoms with Gasteiger partial charge in [-0.25, -0.2) is 4.98 Å². The van der Waals surface area contributed by atoms with Crippen molar-refractivity contribution in [3.8, 4) is 0 Å². The Bertz CT molecular complexity index is 632. The van der Waals surface area contributed by atoms with Gasteiger partial charge >= 0.3 is 0 Å². The van der Waals surface area contributed by atoms with Gasteiger partial charge in [0.2, 0.25) is 0 Å². The highest BCUT2D eigenvalue weighted by Gasteiger charge is 2.26. The Kier molecular flexibility index (Phi) is 3.89. The van der Waals surface area contributed by atoms with Gasteiger partial charge in [-0.2, -0.15) is 0 Å². The zero-order chi connectivity index (χ0) is 15.0. The first kappa shape index (κ1) is 14.4. The molecule has 4 nitrogen and oxygen atoms in total. The summed E-state index contributed by atoms with van der Waals surface area (Å²) in [6, 6.07) is 6.31. The molecule has 0 spiro atoms. The molecular formula is C17H25N3O. The fraction of sp³-hybridized carbons (Fsp3) is 0.588. The van der Waals surface area contributed by atoms with Crippen LogP contribution in [0.1, 0.15) is 63.9 Å². The van der Waals surface area contributed by atoms with E-state index in [-0.39, 0.29) is 0 Å². The van der Waals surface area contributed by atoms with Crippen LogP contribution in [-0.4, -0.2) is 14.7 Å². The third kappa shape index (κ3) is 2.64. The van der Waals surface area contributed by atoms with Crippen molar-refractivity contribution >= 4 is 16.7 Å². The van der Waals surface area contributed by atoms with Crippen LogP contribution in [0.3, 0.4) is 0 Å². The van der Waals surface area contributed by atoms with Crippen LogP contribution in [0.15, 0.2) is 18.2 Å². The predicted molar refractivity (Wildman–Crippen MR) is 86.1 cm³/mol. The smallest absolute Gasteiger partial charge is 0.138 e. The van der Waals surface area contributed by atoms with Gasteiger partial charge in [-0.05, 0) is 43.9 Å². The van der Waals surface area contributed by atoms with Crippen molar-refractivity contribution in [3.05, 3.63) is 24.0 Å². The fourth-order valence-electron chi connectivity index (χ4n) is 3.68. The number of nitrogens with zero attached hydrogens (tertiary/aromatic N) is 2. The molecule has 1 fully saturated rings. The number of hydrogen-bond acceptors (Lipinski definition) is 3. The van der Waals surface area contributed by atoms with Gasteiger partial charge in [0.1, 0.15) is 11.9 Å². The number of aromatic nitrogens is 2. The Labute approximate surface area is 126 Å². The van der Waals surface area contributed by atoms with Crippen LogP contribution >= 0.6 is 0 Å². The van der Waals surface area contributed by atoms with Crippen LogP contribution in [0.25, 0.3) is 11.0 Å². The van der Waals surface area contributed by atoms with E-state index in [2.05, 4.69) is 16.5 Å². The van der Waals surface area contributed by atoms with Crippen LogP contribution < -0.4 is 5.73 Å². The Morgan fingerprint density at radius 2 is 2.24 bits per heavy atom. The molecule has 0 radical (unpaired) electrons. The van der Waals surface area contributed by atoms with Crippen molar-refractivity contribution < 1.29 is 5.11 Å². The standard InChI is InChI=1S/C17H25N3O/c1-3-12-5-4-6-14(9-12)20-16-8-7-13(18)10-15(16)19-17(20)11(2)21/h7-8,10-12,14,21H,3-6,9,18H2,1-2H3. The topological polar surface area (TPSA) is 64.1 Å². The number of imidazole rings is 1. The SMILES string of the molecule is CCC1CCCC(n2c(C(C)O)nc3cc(N)ccc32)C1. The number of nitrogens with two attached hydrogens (primary N) is 1. The van der Waals surface area contributed by atoms with Gasteiger partial charge < -0.3 is 15.4 Å². The van der Waals surface area contributed by atoms with Crippen LogP contribution in [0.2, 0.25) is 0 Å². The van der Waals surface area contributed by atoms with Crippen molar-refractivity contribution in [2.45, 2.75) is 58.1 Å². The average Bonchev–Trinajstić information content (AvgIpc) is 2.86. The maximum atomic E-state index is 10.1. The summed E-state index contributed by atoms with van der Waals surface area (Å²) in [5.41, 5.74) is 8.58. The van der Waals surface area contributed by atoms with Crippen LogP contribution in [-0.2, 0) is 0 Å². The van der Waals surface area contributed by atoms with E-state index in [1.165, 1.54) is 32.1 Å². The lowest BCUT2D eigenvalue weighted by atomic mass is 9.84. The first-order valence-corrected chi connectivity index (χ1v) is 8.05. The number of anilines is 1. The normalized spacial score (nSPS) is 24.3. The van der Waals surface area contributed by atoms with E-state index < -0.39 is 6.10 Å². The highest BCUT2D eigenvalue weighted by Crippen LogP contribution is 2.38. The Hall–Kier alpha value is -1.55. The van der Waals surface area contributed by atoms with E-state index in [1.54, 1.807) is 6.92 Å². The zero-order valence-electron chi connectivity index (χ0n) is 12.9. The molecule has 21 heavy (non-hydrogen) atoms. The Morgan fingerprint density at radius 3 is 2.95 bits per heavy atom. The molecule has 0 aliphatic heterocycles. The Morgan fingerprint density at radius 1 is 1.43 bits per heavy atom. The maximum absolute atomic E-state index is 10.1. The quantitative estimate of drug-likeness (QED) is 0.844. The third-order valence-corrected chi connectivity index (χ3v) is 4.81. The molecule has 1 heterocycles. The van der Waals surface area contributed by atoms with Gasteiger partial charge in [0.25, 0.3) is 0 Å². The van der Waals surface area contributed by atoms with Gasteiger partial charge in [0.05, 0.1) is 11.0 Å². The number of hydrogen-bond donors (Lipinski definition) is 2. The number of aliphatic hydroxyl groups excluding tert-OH is 1. The summed E-state index contributed by atoms with van der Waals surface area (Å²) in [5.74, 6) is 1.56. The summed E-state index contributed by atoms with van der Waals surface area (Å²) >= 11 is 0. The van der Waals surface area contributed by atoms with Crippen LogP contribution in [0.4, 0.5) is 5.69 Å². The lowest BCUT2D eigenvalue weighted by molar-refractivity contribution is 0.173. The van der Waals surface area contributed by atoms with Gasteiger partial charge in [0.15, 0.2) is 0 Å². The van der Waals surface area contributed by atoms with Crippen molar-refractivity contribution in [2.24, 2.45) is 5.92 Å². The molecule has 1 saturated carbocycles. The average molecular weight is 287 g/mol. The first-order chi connectivity index (χ1) is 10.1. The van der Waals surface area contributed by atoms with E-state index in [1.807, 2.05) is 18.2 Å². The predicted octanol–water partition coefficient (Wildman–Crippen LogP) is 3.81. The summed E-state index contributed by atoms with van der Waals surface area (Å²) in [6.07, 6.45) is 5.63. The van der Waals surface area contributed by atoms with E-state index in [0.29, 0.717) is 6.04 Å². The molecule has 3 unspecified atom stereocenters. The number of rotatable bonds is 3. The second kappa shape index (κ2) is 5.68. The second-order valence-electron chi connectivity index (χ2n) is 6.36. The molecule has 2 aromatic rings. The molecular weight excluding hydrogens is 262 g/mol.